The summed E-state index contributed by atoms with van der Waals surface area (Å²) in [5.74, 6) is 4.74. The smallest absolute Gasteiger partial charge is 0.262 e. The van der Waals surface area contributed by atoms with Gasteiger partial charge in [0, 0.05) is 12.0 Å². The zero-order valence-electron chi connectivity index (χ0n) is 7.38. The zero-order chi connectivity index (χ0) is 10.1. The van der Waals surface area contributed by atoms with Crippen molar-refractivity contribution in [2.45, 2.75) is 6.42 Å². The molecule has 0 radical (unpaired) electrons. The van der Waals surface area contributed by atoms with Gasteiger partial charge in [-0.3, -0.25) is 10.2 Å². The molecule has 2 rings (SSSR count). The number of carbonyl (C=O) groups excluding carboxylic acids is 1. The van der Waals surface area contributed by atoms with Crippen LogP contribution in [-0.4, -0.2) is 5.91 Å². The van der Waals surface area contributed by atoms with Gasteiger partial charge in [-0.05, 0) is 11.1 Å². The van der Waals surface area contributed by atoms with Crippen LogP contribution < -0.4 is 11.3 Å². The minimum absolute atomic E-state index is 0.314. The van der Waals surface area contributed by atoms with E-state index in [1.165, 1.54) is 0 Å². The number of hydrogen-bond donors (Lipinski definition) is 2. The van der Waals surface area contributed by atoms with Crippen molar-refractivity contribution in [3.63, 3.8) is 0 Å². The maximum Gasteiger partial charge on any atom is 0.262 e. The van der Waals surface area contributed by atoms with Crippen LogP contribution in [0.3, 0.4) is 0 Å². The van der Waals surface area contributed by atoms with Crippen LogP contribution in [0.2, 0.25) is 0 Å². The maximum atomic E-state index is 11.3. The number of amides is 1. The van der Waals surface area contributed by atoms with E-state index in [1.54, 1.807) is 0 Å². The van der Waals surface area contributed by atoms with Crippen molar-refractivity contribution in [1.82, 2.24) is 5.43 Å². The SMILES string of the molecule is NNC(=O)C1=C(Cl)c2ccccc2C1. The third-order valence-electron chi connectivity index (χ3n) is 2.29. The van der Waals surface area contributed by atoms with E-state index < -0.39 is 0 Å². The minimum Gasteiger partial charge on any atom is -0.290 e. The fourth-order valence-electron chi connectivity index (χ4n) is 1.59. The number of carbonyl (C=O) groups is 1. The van der Waals surface area contributed by atoms with E-state index in [1.807, 2.05) is 24.3 Å². The van der Waals surface area contributed by atoms with Gasteiger partial charge in [-0.15, -0.1) is 0 Å². The van der Waals surface area contributed by atoms with Gasteiger partial charge in [0.05, 0.1) is 5.03 Å². The molecular weight excluding hydrogens is 200 g/mol. The Hall–Kier alpha value is -1.32. The molecule has 0 aromatic heterocycles. The Morgan fingerprint density at radius 3 is 2.79 bits per heavy atom. The average Bonchev–Trinajstić information content (AvgIpc) is 2.56. The van der Waals surface area contributed by atoms with Crippen molar-refractivity contribution in [1.29, 1.82) is 0 Å². The van der Waals surface area contributed by atoms with Gasteiger partial charge in [-0.2, -0.15) is 0 Å². The molecule has 0 aliphatic heterocycles. The van der Waals surface area contributed by atoms with Crippen LogP contribution in [0.25, 0.3) is 5.03 Å². The molecule has 0 saturated carbocycles. The summed E-state index contributed by atoms with van der Waals surface area (Å²) < 4.78 is 0. The van der Waals surface area contributed by atoms with E-state index in [0.29, 0.717) is 17.0 Å². The second kappa shape index (κ2) is 3.44. The van der Waals surface area contributed by atoms with E-state index in [4.69, 9.17) is 17.4 Å². The van der Waals surface area contributed by atoms with Gasteiger partial charge < -0.3 is 0 Å². The summed E-state index contributed by atoms with van der Waals surface area (Å²) in [4.78, 5) is 11.3. The van der Waals surface area contributed by atoms with Crippen molar-refractivity contribution >= 4 is 22.5 Å². The van der Waals surface area contributed by atoms with Crippen molar-refractivity contribution in [3.8, 4) is 0 Å². The molecule has 0 fully saturated rings. The molecule has 0 spiro atoms. The highest BCUT2D eigenvalue weighted by Gasteiger charge is 2.23. The number of nitrogens with one attached hydrogen (secondary N) is 1. The summed E-state index contributed by atoms with van der Waals surface area (Å²) in [6.45, 7) is 0. The first-order valence-electron chi connectivity index (χ1n) is 4.22. The van der Waals surface area contributed by atoms with Gasteiger partial charge in [0.2, 0.25) is 0 Å². The lowest BCUT2D eigenvalue weighted by Crippen LogP contribution is -2.31. The van der Waals surface area contributed by atoms with Crippen LogP contribution >= 0.6 is 11.6 Å². The number of hydrogen-bond acceptors (Lipinski definition) is 2. The highest BCUT2D eigenvalue weighted by atomic mass is 35.5. The predicted molar refractivity (Wildman–Crippen MR) is 55.2 cm³/mol. The Bertz CT molecular complexity index is 426. The molecule has 3 nitrogen and oxygen atoms in total. The lowest BCUT2D eigenvalue weighted by atomic mass is 10.1. The van der Waals surface area contributed by atoms with E-state index in [9.17, 15) is 4.79 Å². The van der Waals surface area contributed by atoms with Gasteiger partial charge in [0.1, 0.15) is 0 Å². The van der Waals surface area contributed by atoms with Gasteiger partial charge in [-0.25, -0.2) is 5.84 Å². The summed E-state index contributed by atoms with van der Waals surface area (Å²) in [6.07, 6.45) is 0.554. The van der Waals surface area contributed by atoms with Crippen LogP contribution in [0, 0.1) is 0 Å². The molecule has 0 saturated heterocycles. The Balaban J connectivity index is 2.44. The molecule has 72 valence electrons. The minimum atomic E-state index is -0.314. The molecule has 1 amide bonds. The molecule has 3 N–H and O–H groups in total. The Morgan fingerprint density at radius 1 is 1.43 bits per heavy atom. The van der Waals surface area contributed by atoms with E-state index in [2.05, 4.69) is 5.43 Å². The third kappa shape index (κ3) is 1.31. The fourth-order valence-corrected chi connectivity index (χ4v) is 1.92. The van der Waals surface area contributed by atoms with Crippen LogP contribution in [-0.2, 0) is 11.2 Å². The number of fused-ring (bicyclic) bond motifs is 1. The van der Waals surface area contributed by atoms with Crippen molar-refractivity contribution < 1.29 is 4.79 Å². The van der Waals surface area contributed by atoms with Crippen LogP contribution in [0.5, 0.6) is 0 Å². The molecule has 4 heteroatoms. The molecule has 0 heterocycles. The Labute approximate surface area is 86.5 Å². The van der Waals surface area contributed by atoms with E-state index >= 15 is 0 Å². The maximum absolute atomic E-state index is 11.3. The van der Waals surface area contributed by atoms with E-state index in [0.717, 1.165) is 11.1 Å². The summed E-state index contributed by atoms with van der Waals surface area (Å²) in [7, 11) is 0. The number of halogens is 1. The third-order valence-corrected chi connectivity index (χ3v) is 2.72. The Kier molecular flexibility index (Phi) is 2.27. The van der Waals surface area contributed by atoms with Gasteiger partial charge in [-0.1, -0.05) is 35.9 Å². The highest BCUT2D eigenvalue weighted by Crippen LogP contribution is 2.35. The van der Waals surface area contributed by atoms with Gasteiger partial charge in [0.15, 0.2) is 0 Å². The van der Waals surface area contributed by atoms with Crippen LogP contribution in [0.15, 0.2) is 29.8 Å². The molecule has 1 aliphatic carbocycles. The summed E-state index contributed by atoms with van der Waals surface area (Å²) in [5.41, 5.74) is 4.62. The first-order valence-corrected chi connectivity index (χ1v) is 4.59. The average molecular weight is 209 g/mol. The standard InChI is InChI=1S/C10H9ClN2O/c11-9-7-4-2-1-3-6(7)5-8(9)10(14)13-12/h1-4H,5,12H2,(H,13,14). The lowest BCUT2D eigenvalue weighted by molar-refractivity contribution is -0.117. The van der Waals surface area contributed by atoms with E-state index in [-0.39, 0.29) is 5.91 Å². The van der Waals surface area contributed by atoms with Crippen LogP contribution in [0.1, 0.15) is 11.1 Å². The van der Waals surface area contributed by atoms with Crippen molar-refractivity contribution in [3.05, 3.63) is 41.0 Å². The molecule has 1 aliphatic rings. The molecule has 0 bridgehead atoms. The van der Waals surface area contributed by atoms with Gasteiger partial charge in [0.25, 0.3) is 5.91 Å². The summed E-state index contributed by atoms with van der Waals surface area (Å²) in [6, 6.07) is 7.67. The molecule has 14 heavy (non-hydrogen) atoms. The number of hydrazine groups is 1. The second-order valence-corrected chi connectivity index (χ2v) is 3.48. The van der Waals surface area contributed by atoms with Crippen LogP contribution in [0.4, 0.5) is 0 Å². The normalized spacial score (nSPS) is 14.1. The fraction of sp³-hybridized carbons (Fsp3) is 0.100. The van der Waals surface area contributed by atoms with Crippen molar-refractivity contribution in [2.75, 3.05) is 0 Å². The lowest BCUT2D eigenvalue weighted by Gasteiger charge is -1.99. The monoisotopic (exact) mass is 208 g/mol. The van der Waals surface area contributed by atoms with Crippen molar-refractivity contribution in [2.24, 2.45) is 5.84 Å². The summed E-state index contributed by atoms with van der Waals surface area (Å²) >= 11 is 6.05. The first kappa shape index (κ1) is 9.24. The number of rotatable bonds is 1. The highest BCUT2D eigenvalue weighted by molar-refractivity contribution is 6.51. The molecule has 0 atom stereocenters. The molecule has 1 aromatic carbocycles. The number of nitrogens with two attached hydrogens (primary N) is 1. The predicted octanol–water partition coefficient (Wildman–Crippen LogP) is 1.18. The quantitative estimate of drug-likeness (QED) is 0.414. The van der Waals surface area contributed by atoms with Gasteiger partial charge >= 0.3 is 0 Å². The molecule has 1 aromatic rings. The first-order chi connectivity index (χ1) is 6.74. The Morgan fingerprint density at radius 2 is 2.14 bits per heavy atom. The number of benzene rings is 1. The molecule has 0 unspecified atom stereocenters. The summed E-state index contributed by atoms with van der Waals surface area (Å²) in [5, 5.41) is 0.503. The topological polar surface area (TPSA) is 55.1 Å². The second-order valence-electron chi connectivity index (χ2n) is 3.10. The zero-order valence-corrected chi connectivity index (χ0v) is 8.14. The largest absolute Gasteiger partial charge is 0.290 e. The molecular formula is C10H9ClN2O.